The average Bonchev–Trinajstić information content (AvgIpc) is 2.74. The molecule has 0 saturated carbocycles. The topological polar surface area (TPSA) is 86.8 Å². The maximum atomic E-state index is 14.3. The number of anilines is 1. The monoisotopic (exact) mass is 509 g/mol. The quantitative estimate of drug-likeness (QED) is 0.527. The summed E-state index contributed by atoms with van der Waals surface area (Å²) in [6.45, 7) is 6.88. The van der Waals surface area contributed by atoms with E-state index in [9.17, 15) is 26.8 Å². The van der Waals surface area contributed by atoms with Crippen molar-refractivity contribution in [3.63, 3.8) is 0 Å². The van der Waals surface area contributed by atoms with Gasteiger partial charge in [0.15, 0.2) is 0 Å². The Bertz CT molecular complexity index is 1130. The molecule has 1 atom stereocenters. The first-order chi connectivity index (χ1) is 16.2. The Morgan fingerprint density at radius 3 is 2.17 bits per heavy atom. The SMILES string of the molecule is C[C@H](C(=O)NC(C)(C)C)N(Cc1ccccc1F)C(=O)CCCN(c1ccc(F)cc1)S(C)(=O)=O. The average molecular weight is 510 g/mol. The molecule has 7 nitrogen and oxygen atoms in total. The van der Waals surface area contributed by atoms with E-state index in [1.165, 1.54) is 29.2 Å². The number of nitrogens with zero attached hydrogens (tertiary/aromatic N) is 2. The number of carbonyl (C=O) groups is 2. The van der Waals surface area contributed by atoms with Gasteiger partial charge in [-0.3, -0.25) is 13.9 Å². The van der Waals surface area contributed by atoms with E-state index >= 15 is 0 Å². The van der Waals surface area contributed by atoms with E-state index < -0.39 is 39.1 Å². The summed E-state index contributed by atoms with van der Waals surface area (Å²) in [4.78, 5) is 27.3. The molecular formula is C25H33F2N3O4S. The van der Waals surface area contributed by atoms with Crippen molar-refractivity contribution >= 4 is 27.5 Å². The fraction of sp³-hybridized carbons (Fsp3) is 0.440. The van der Waals surface area contributed by atoms with E-state index in [0.717, 1.165) is 22.7 Å². The lowest BCUT2D eigenvalue weighted by Gasteiger charge is -2.32. The van der Waals surface area contributed by atoms with Gasteiger partial charge >= 0.3 is 0 Å². The van der Waals surface area contributed by atoms with Gasteiger partial charge in [0.1, 0.15) is 17.7 Å². The van der Waals surface area contributed by atoms with Crippen LogP contribution in [0.4, 0.5) is 14.5 Å². The molecule has 2 aromatic rings. The molecule has 0 spiro atoms. The molecule has 0 heterocycles. The summed E-state index contributed by atoms with van der Waals surface area (Å²) in [7, 11) is -3.68. The van der Waals surface area contributed by atoms with Gasteiger partial charge in [-0.2, -0.15) is 0 Å². The summed E-state index contributed by atoms with van der Waals surface area (Å²) in [6, 6.07) is 10.1. The second-order valence-electron chi connectivity index (χ2n) is 9.44. The number of hydrogen-bond donors (Lipinski definition) is 1. The van der Waals surface area contributed by atoms with Gasteiger partial charge in [-0.15, -0.1) is 0 Å². The fourth-order valence-corrected chi connectivity index (χ4v) is 4.44. The molecule has 0 aromatic heterocycles. The summed E-state index contributed by atoms with van der Waals surface area (Å²) < 4.78 is 53.2. The summed E-state index contributed by atoms with van der Waals surface area (Å²) in [5.74, 6) is -1.79. The third-order valence-corrected chi connectivity index (χ3v) is 6.42. The Morgan fingerprint density at radius 1 is 1.03 bits per heavy atom. The van der Waals surface area contributed by atoms with E-state index in [-0.39, 0.29) is 43.1 Å². The van der Waals surface area contributed by atoms with Crippen LogP contribution in [-0.4, -0.2) is 49.5 Å². The van der Waals surface area contributed by atoms with Crippen LogP contribution in [0.25, 0.3) is 0 Å². The Kier molecular flexibility index (Phi) is 9.37. The van der Waals surface area contributed by atoms with Crippen LogP contribution >= 0.6 is 0 Å². The molecule has 2 amide bonds. The summed E-state index contributed by atoms with van der Waals surface area (Å²) in [5, 5.41) is 2.83. The minimum absolute atomic E-state index is 0.0215. The minimum Gasteiger partial charge on any atom is -0.350 e. The molecule has 192 valence electrons. The zero-order chi connectivity index (χ0) is 26.4. The van der Waals surface area contributed by atoms with Crippen LogP contribution in [-0.2, 0) is 26.2 Å². The van der Waals surface area contributed by atoms with Gasteiger partial charge < -0.3 is 10.2 Å². The second-order valence-corrected chi connectivity index (χ2v) is 11.4. The first-order valence-corrected chi connectivity index (χ1v) is 13.1. The van der Waals surface area contributed by atoms with Gasteiger partial charge in [0.25, 0.3) is 0 Å². The van der Waals surface area contributed by atoms with Crippen LogP contribution in [0.5, 0.6) is 0 Å². The molecule has 0 aliphatic heterocycles. The van der Waals surface area contributed by atoms with Gasteiger partial charge in [0.2, 0.25) is 21.8 Å². The van der Waals surface area contributed by atoms with Crippen molar-refractivity contribution in [1.82, 2.24) is 10.2 Å². The molecule has 35 heavy (non-hydrogen) atoms. The predicted molar refractivity (Wildman–Crippen MR) is 132 cm³/mol. The molecular weight excluding hydrogens is 476 g/mol. The third-order valence-electron chi connectivity index (χ3n) is 5.23. The molecule has 0 radical (unpaired) electrons. The van der Waals surface area contributed by atoms with Crippen LogP contribution in [0.2, 0.25) is 0 Å². The number of hydrogen-bond acceptors (Lipinski definition) is 4. The van der Waals surface area contributed by atoms with Gasteiger partial charge in [0.05, 0.1) is 11.9 Å². The standard InChI is InChI=1S/C25H33F2N3O4S/c1-18(24(32)28-25(2,3)4)29(17-19-9-6-7-10-22(19)27)23(31)11-8-16-30(35(5,33)34)21-14-12-20(26)13-15-21/h6-7,9-10,12-15,18H,8,11,16-17H2,1-5H3,(H,28,32)/t18-/m1/s1. The molecule has 0 aliphatic rings. The fourth-order valence-electron chi connectivity index (χ4n) is 3.48. The third kappa shape index (κ3) is 8.61. The largest absolute Gasteiger partial charge is 0.350 e. The van der Waals surface area contributed by atoms with Gasteiger partial charge in [0, 0.05) is 30.6 Å². The number of benzene rings is 2. The van der Waals surface area contributed by atoms with Gasteiger partial charge in [-0.1, -0.05) is 18.2 Å². The number of sulfonamides is 1. The van der Waals surface area contributed by atoms with Crippen LogP contribution in [0.15, 0.2) is 48.5 Å². The molecule has 10 heteroatoms. The van der Waals surface area contributed by atoms with Gasteiger partial charge in [-0.25, -0.2) is 17.2 Å². The molecule has 2 aromatic carbocycles. The first kappa shape index (κ1) is 28.2. The zero-order valence-corrected chi connectivity index (χ0v) is 21.5. The van der Waals surface area contributed by atoms with Crippen molar-refractivity contribution < 1.29 is 26.8 Å². The van der Waals surface area contributed by atoms with E-state index in [4.69, 9.17) is 0 Å². The maximum absolute atomic E-state index is 14.3. The number of nitrogens with one attached hydrogen (secondary N) is 1. The smallest absolute Gasteiger partial charge is 0.242 e. The lowest BCUT2D eigenvalue weighted by molar-refractivity contribution is -0.141. The molecule has 0 saturated heterocycles. The van der Waals surface area contributed by atoms with Gasteiger partial charge in [-0.05, 0) is 64.4 Å². The Labute approximate surface area is 206 Å². The van der Waals surface area contributed by atoms with E-state index in [0.29, 0.717) is 0 Å². The normalized spacial score (nSPS) is 12.7. The highest BCUT2D eigenvalue weighted by atomic mass is 32.2. The molecule has 0 aliphatic carbocycles. The van der Waals surface area contributed by atoms with Crippen LogP contribution < -0.4 is 9.62 Å². The van der Waals surface area contributed by atoms with Crippen molar-refractivity contribution in [2.45, 2.75) is 58.7 Å². The van der Waals surface area contributed by atoms with Crippen LogP contribution in [0.1, 0.15) is 46.1 Å². The Morgan fingerprint density at radius 2 is 1.63 bits per heavy atom. The molecule has 0 unspecified atom stereocenters. The summed E-state index contributed by atoms with van der Waals surface area (Å²) in [5.41, 5.74) is 0.0197. The highest BCUT2D eigenvalue weighted by molar-refractivity contribution is 7.92. The lowest BCUT2D eigenvalue weighted by atomic mass is 10.1. The second kappa shape index (κ2) is 11.6. The highest BCUT2D eigenvalue weighted by Gasteiger charge is 2.29. The van der Waals surface area contributed by atoms with Crippen LogP contribution in [0.3, 0.4) is 0 Å². The molecule has 0 bridgehead atoms. The van der Waals surface area contributed by atoms with E-state index in [2.05, 4.69) is 5.32 Å². The molecule has 2 rings (SSSR count). The number of rotatable bonds is 10. The summed E-state index contributed by atoms with van der Waals surface area (Å²) in [6.07, 6.45) is 1.10. The summed E-state index contributed by atoms with van der Waals surface area (Å²) >= 11 is 0. The Balaban J connectivity index is 2.19. The molecule has 1 N–H and O–H groups in total. The van der Waals surface area contributed by atoms with Crippen molar-refractivity contribution in [2.75, 3.05) is 17.1 Å². The van der Waals surface area contributed by atoms with E-state index in [1.54, 1.807) is 19.1 Å². The first-order valence-electron chi connectivity index (χ1n) is 11.3. The van der Waals surface area contributed by atoms with Crippen molar-refractivity contribution in [1.29, 1.82) is 0 Å². The number of amides is 2. The number of halogens is 2. The lowest BCUT2D eigenvalue weighted by Crippen LogP contribution is -2.52. The maximum Gasteiger partial charge on any atom is 0.242 e. The van der Waals surface area contributed by atoms with Crippen molar-refractivity contribution in [3.05, 3.63) is 65.7 Å². The molecule has 0 fully saturated rings. The van der Waals surface area contributed by atoms with Crippen LogP contribution in [0, 0.1) is 11.6 Å². The van der Waals surface area contributed by atoms with Crippen molar-refractivity contribution in [2.24, 2.45) is 0 Å². The number of carbonyl (C=O) groups excluding carboxylic acids is 2. The van der Waals surface area contributed by atoms with Crippen molar-refractivity contribution in [3.8, 4) is 0 Å². The Hall–Kier alpha value is -3.01. The predicted octanol–water partition coefficient (Wildman–Crippen LogP) is 3.84. The zero-order valence-electron chi connectivity index (χ0n) is 20.7. The van der Waals surface area contributed by atoms with E-state index in [1.807, 2.05) is 20.8 Å². The highest BCUT2D eigenvalue weighted by Crippen LogP contribution is 2.20. The minimum atomic E-state index is -3.68.